The predicted molar refractivity (Wildman–Crippen MR) is 91.3 cm³/mol. The van der Waals surface area contributed by atoms with Gasteiger partial charge < -0.3 is 14.8 Å². The van der Waals surface area contributed by atoms with Crippen LogP contribution in [0.1, 0.15) is 19.4 Å². The maximum atomic E-state index is 5.70. The topological polar surface area (TPSA) is 43.4 Å². The highest BCUT2D eigenvalue weighted by Crippen LogP contribution is 2.26. The van der Waals surface area contributed by atoms with Crippen molar-refractivity contribution in [2.75, 3.05) is 13.2 Å². The standard InChI is InChI=1S/C17H21BrN2O2/c1-13(2)22-16-7-6-14(11-15(16)18)12-19-9-10-21-17-5-3-4-8-20-17/h3-8,11,13,19H,9-10,12H2,1-2H3. The summed E-state index contributed by atoms with van der Waals surface area (Å²) in [7, 11) is 0. The molecule has 4 nitrogen and oxygen atoms in total. The molecule has 0 saturated carbocycles. The molecular formula is C17H21BrN2O2. The summed E-state index contributed by atoms with van der Waals surface area (Å²) < 4.78 is 12.2. The first-order chi connectivity index (χ1) is 10.6. The first-order valence-corrected chi connectivity index (χ1v) is 8.14. The highest BCUT2D eigenvalue weighted by atomic mass is 79.9. The molecule has 2 aromatic rings. The van der Waals surface area contributed by atoms with Gasteiger partial charge in [0.05, 0.1) is 10.6 Å². The van der Waals surface area contributed by atoms with Crippen LogP contribution < -0.4 is 14.8 Å². The molecule has 5 heteroatoms. The molecule has 22 heavy (non-hydrogen) atoms. The van der Waals surface area contributed by atoms with Crippen LogP contribution in [-0.2, 0) is 6.54 Å². The van der Waals surface area contributed by atoms with Gasteiger partial charge in [0.1, 0.15) is 12.4 Å². The van der Waals surface area contributed by atoms with E-state index in [9.17, 15) is 0 Å². The molecule has 1 N–H and O–H groups in total. The van der Waals surface area contributed by atoms with Crippen LogP contribution in [0.15, 0.2) is 47.1 Å². The summed E-state index contributed by atoms with van der Waals surface area (Å²) in [5, 5.41) is 3.34. The highest BCUT2D eigenvalue weighted by Gasteiger charge is 2.04. The quantitative estimate of drug-likeness (QED) is 0.723. The Balaban J connectivity index is 1.72. The summed E-state index contributed by atoms with van der Waals surface area (Å²) in [5.74, 6) is 1.53. The van der Waals surface area contributed by atoms with Crippen molar-refractivity contribution in [1.29, 1.82) is 0 Å². The van der Waals surface area contributed by atoms with E-state index in [4.69, 9.17) is 9.47 Å². The number of benzene rings is 1. The smallest absolute Gasteiger partial charge is 0.213 e. The molecule has 0 bridgehead atoms. The van der Waals surface area contributed by atoms with Crippen LogP contribution >= 0.6 is 15.9 Å². The summed E-state index contributed by atoms with van der Waals surface area (Å²) in [6.45, 7) is 6.17. The zero-order valence-electron chi connectivity index (χ0n) is 12.9. The molecule has 1 heterocycles. The highest BCUT2D eigenvalue weighted by molar-refractivity contribution is 9.10. The molecule has 118 valence electrons. The van der Waals surface area contributed by atoms with Gasteiger partial charge in [0.15, 0.2) is 0 Å². The van der Waals surface area contributed by atoms with Crippen molar-refractivity contribution in [2.24, 2.45) is 0 Å². The number of aromatic nitrogens is 1. The zero-order chi connectivity index (χ0) is 15.8. The largest absolute Gasteiger partial charge is 0.490 e. The zero-order valence-corrected chi connectivity index (χ0v) is 14.5. The molecule has 0 unspecified atom stereocenters. The first-order valence-electron chi connectivity index (χ1n) is 7.35. The summed E-state index contributed by atoms with van der Waals surface area (Å²) in [5.41, 5.74) is 1.20. The van der Waals surface area contributed by atoms with Crippen LogP contribution in [0.4, 0.5) is 0 Å². The van der Waals surface area contributed by atoms with Gasteiger partial charge in [-0.25, -0.2) is 4.98 Å². The van der Waals surface area contributed by atoms with Gasteiger partial charge in [0.25, 0.3) is 0 Å². The van der Waals surface area contributed by atoms with E-state index in [-0.39, 0.29) is 6.10 Å². The molecule has 0 aliphatic heterocycles. The maximum absolute atomic E-state index is 5.70. The molecular weight excluding hydrogens is 344 g/mol. The second-order valence-electron chi connectivity index (χ2n) is 5.12. The number of nitrogens with one attached hydrogen (secondary N) is 1. The molecule has 0 atom stereocenters. The second-order valence-corrected chi connectivity index (χ2v) is 5.98. The second kappa shape index (κ2) is 8.76. The van der Waals surface area contributed by atoms with Crippen LogP contribution in [-0.4, -0.2) is 24.2 Å². The van der Waals surface area contributed by atoms with E-state index < -0.39 is 0 Å². The Hall–Kier alpha value is -1.59. The van der Waals surface area contributed by atoms with Gasteiger partial charge in [0.2, 0.25) is 5.88 Å². The van der Waals surface area contributed by atoms with Crippen LogP contribution in [0, 0.1) is 0 Å². The molecule has 0 amide bonds. The molecule has 0 saturated heterocycles. The lowest BCUT2D eigenvalue weighted by Crippen LogP contribution is -2.20. The summed E-state index contributed by atoms with van der Waals surface area (Å²) in [6.07, 6.45) is 1.89. The number of halogens is 1. The third-order valence-electron chi connectivity index (χ3n) is 2.85. The van der Waals surface area contributed by atoms with Gasteiger partial charge in [-0.2, -0.15) is 0 Å². The Labute approximate surface area is 140 Å². The fraction of sp³-hybridized carbons (Fsp3) is 0.353. The summed E-state index contributed by atoms with van der Waals surface area (Å²) in [4.78, 5) is 4.11. The number of ether oxygens (including phenoxy) is 2. The van der Waals surface area contributed by atoms with E-state index in [0.29, 0.717) is 12.5 Å². The molecule has 1 aromatic carbocycles. The van der Waals surface area contributed by atoms with Gasteiger partial charge in [-0.15, -0.1) is 0 Å². The lowest BCUT2D eigenvalue weighted by Gasteiger charge is -2.13. The van der Waals surface area contributed by atoms with Crippen LogP contribution in [0.2, 0.25) is 0 Å². The third-order valence-corrected chi connectivity index (χ3v) is 3.47. The average molecular weight is 365 g/mol. The molecule has 0 aliphatic rings. The fourth-order valence-electron chi connectivity index (χ4n) is 1.90. The molecule has 0 spiro atoms. The maximum Gasteiger partial charge on any atom is 0.213 e. The van der Waals surface area contributed by atoms with E-state index in [2.05, 4.69) is 38.4 Å². The van der Waals surface area contributed by atoms with Crippen molar-refractivity contribution in [2.45, 2.75) is 26.5 Å². The Morgan fingerprint density at radius 3 is 2.77 bits per heavy atom. The minimum absolute atomic E-state index is 0.170. The van der Waals surface area contributed by atoms with Crippen molar-refractivity contribution < 1.29 is 9.47 Å². The first kappa shape index (κ1) is 16.8. The molecule has 0 fully saturated rings. The van der Waals surface area contributed by atoms with E-state index in [1.165, 1.54) is 5.56 Å². The lowest BCUT2D eigenvalue weighted by atomic mass is 10.2. The van der Waals surface area contributed by atoms with Gasteiger partial charge in [-0.3, -0.25) is 0 Å². The van der Waals surface area contributed by atoms with E-state index in [0.717, 1.165) is 23.3 Å². The summed E-state index contributed by atoms with van der Waals surface area (Å²) >= 11 is 3.54. The van der Waals surface area contributed by atoms with Gasteiger partial charge in [0, 0.05) is 25.4 Å². The van der Waals surface area contributed by atoms with Crippen molar-refractivity contribution in [1.82, 2.24) is 10.3 Å². The molecule has 0 radical (unpaired) electrons. The van der Waals surface area contributed by atoms with Crippen molar-refractivity contribution in [3.8, 4) is 11.6 Å². The SMILES string of the molecule is CC(C)Oc1ccc(CNCCOc2ccccn2)cc1Br. The minimum Gasteiger partial charge on any atom is -0.490 e. The van der Waals surface area contributed by atoms with E-state index >= 15 is 0 Å². The van der Waals surface area contributed by atoms with E-state index in [1.54, 1.807) is 6.20 Å². The number of rotatable bonds is 8. The van der Waals surface area contributed by atoms with Gasteiger partial charge >= 0.3 is 0 Å². The van der Waals surface area contributed by atoms with Crippen molar-refractivity contribution in [3.63, 3.8) is 0 Å². The predicted octanol–water partition coefficient (Wildman–Crippen LogP) is 3.80. The van der Waals surface area contributed by atoms with Crippen LogP contribution in [0.25, 0.3) is 0 Å². The fourth-order valence-corrected chi connectivity index (χ4v) is 2.42. The Morgan fingerprint density at radius 2 is 2.09 bits per heavy atom. The number of nitrogens with zero attached hydrogens (tertiary/aromatic N) is 1. The Kier molecular flexibility index (Phi) is 6.68. The van der Waals surface area contributed by atoms with Crippen molar-refractivity contribution in [3.05, 3.63) is 52.6 Å². The van der Waals surface area contributed by atoms with Crippen LogP contribution in [0.5, 0.6) is 11.6 Å². The number of pyridine rings is 1. The lowest BCUT2D eigenvalue weighted by molar-refractivity contribution is 0.241. The van der Waals surface area contributed by atoms with Crippen LogP contribution in [0.3, 0.4) is 0 Å². The third kappa shape index (κ3) is 5.66. The Morgan fingerprint density at radius 1 is 1.23 bits per heavy atom. The van der Waals surface area contributed by atoms with Crippen molar-refractivity contribution >= 4 is 15.9 Å². The minimum atomic E-state index is 0.170. The summed E-state index contributed by atoms with van der Waals surface area (Å²) in [6, 6.07) is 11.8. The van der Waals surface area contributed by atoms with Gasteiger partial charge in [-0.1, -0.05) is 12.1 Å². The number of hydrogen-bond donors (Lipinski definition) is 1. The van der Waals surface area contributed by atoms with E-state index in [1.807, 2.05) is 38.1 Å². The normalized spacial score (nSPS) is 10.7. The Bertz CT molecular complexity index is 576. The average Bonchev–Trinajstić information content (AvgIpc) is 2.50. The van der Waals surface area contributed by atoms with Gasteiger partial charge in [-0.05, 0) is 53.5 Å². The molecule has 2 rings (SSSR count). The number of hydrogen-bond acceptors (Lipinski definition) is 4. The molecule has 0 aliphatic carbocycles. The molecule has 1 aromatic heterocycles. The monoisotopic (exact) mass is 364 g/mol.